The molecule has 3 N–H and O–H groups in total. The number of aromatic amines is 1. The van der Waals surface area contributed by atoms with Gasteiger partial charge in [0.15, 0.2) is 0 Å². The lowest BCUT2D eigenvalue weighted by Crippen LogP contribution is -2.58. The molecule has 0 saturated carbocycles. The Morgan fingerprint density at radius 1 is 1.39 bits per heavy atom. The summed E-state index contributed by atoms with van der Waals surface area (Å²) in [4.78, 5) is 35.2. The number of nitrogens with one attached hydrogen (secondary N) is 1. The molecule has 1 fully saturated rings. The van der Waals surface area contributed by atoms with Gasteiger partial charge in [0.2, 0.25) is 5.91 Å². The summed E-state index contributed by atoms with van der Waals surface area (Å²) in [5.41, 5.74) is 1.33. The topological polar surface area (TPSA) is 128 Å². The van der Waals surface area contributed by atoms with Gasteiger partial charge in [-0.05, 0) is 38.5 Å². The summed E-state index contributed by atoms with van der Waals surface area (Å²) in [6, 6.07) is 2.88. The highest BCUT2D eigenvalue weighted by atomic mass is 16.5. The fourth-order valence-corrected chi connectivity index (χ4v) is 3.81. The van der Waals surface area contributed by atoms with E-state index in [9.17, 15) is 19.7 Å². The highest BCUT2D eigenvalue weighted by Crippen LogP contribution is 2.37. The summed E-state index contributed by atoms with van der Waals surface area (Å²) in [7, 11) is 2.60. The number of rotatable bonds is 6. The Hall–Kier alpha value is -3.05. The fraction of sp³-hybridized carbons (Fsp3) is 0.450. The predicted molar refractivity (Wildman–Crippen MR) is 113 cm³/mol. The van der Waals surface area contributed by atoms with Crippen molar-refractivity contribution in [3.63, 3.8) is 0 Å². The lowest BCUT2D eigenvalue weighted by molar-refractivity contribution is -0.145. The summed E-state index contributed by atoms with van der Waals surface area (Å²) in [6.07, 6.45) is 3.77. The van der Waals surface area contributed by atoms with Crippen LogP contribution >= 0.6 is 0 Å². The van der Waals surface area contributed by atoms with Gasteiger partial charge in [-0.15, -0.1) is 0 Å². The zero-order valence-corrected chi connectivity index (χ0v) is 16.7. The number of aromatic carboxylic acids is 1. The van der Waals surface area contributed by atoms with Crippen molar-refractivity contribution < 1.29 is 29.1 Å². The zero-order valence-electron chi connectivity index (χ0n) is 16.7. The van der Waals surface area contributed by atoms with Gasteiger partial charge in [0.1, 0.15) is 29.2 Å². The van der Waals surface area contributed by atoms with Crippen LogP contribution < -0.4 is 9.39 Å². The first-order valence-corrected chi connectivity index (χ1v) is 9.69. The Balaban J connectivity index is 0.00000272. The molecule has 166 valence electrons. The normalized spacial score (nSPS) is 16.6. The van der Waals surface area contributed by atoms with Crippen LogP contribution in [0.3, 0.4) is 0 Å². The molecule has 2 aromatic rings. The Bertz CT molecular complexity index is 945. The SMILES string of the molecule is C.CN(C)C(C(=O)N1CC(Oc2ccc3c(c2C(=O)O)OB(O)CC3)C1)c1cnc[nH]1. The van der Waals surface area contributed by atoms with Crippen LogP contribution in [0.5, 0.6) is 11.5 Å². The summed E-state index contributed by atoms with van der Waals surface area (Å²) in [6.45, 7) is 0.688. The number of imidazole rings is 1. The molecule has 11 heteroatoms. The lowest BCUT2D eigenvalue weighted by Gasteiger charge is -2.41. The molecular formula is C20H27BN4O6. The van der Waals surface area contributed by atoms with Gasteiger partial charge < -0.3 is 29.4 Å². The summed E-state index contributed by atoms with van der Waals surface area (Å²) in [5, 5.41) is 19.4. The molecule has 0 spiro atoms. The minimum absolute atomic E-state index is 0. The number of nitrogens with zero attached hydrogens (tertiary/aromatic N) is 3. The van der Waals surface area contributed by atoms with Crippen molar-refractivity contribution in [3.05, 3.63) is 41.5 Å². The smallest absolute Gasteiger partial charge is 0.522 e. The van der Waals surface area contributed by atoms with E-state index in [1.165, 1.54) is 6.33 Å². The molecule has 1 unspecified atom stereocenters. The van der Waals surface area contributed by atoms with Crippen LogP contribution in [0.2, 0.25) is 6.32 Å². The van der Waals surface area contributed by atoms with Crippen LogP contribution in [0, 0.1) is 0 Å². The van der Waals surface area contributed by atoms with E-state index in [0.717, 1.165) is 5.56 Å². The maximum Gasteiger partial charge on any atom is 0.522 e. The average molecular weight is 430 g/mol. The van der Waals surface area contributed by atoms with E-state index < -0.39 is 19.1 Å². The van der Waals surface area contributed by atoms with Crippen molar-refractivity contribution >= 4 is 19.0 Å². The van der Waals surface area contributed by atoms with Crippen molar-refractivity contribution in [3.8, 4) is 11.5 Å². The van der Waals surface area contributed by atoms with E-state index in [0.29, 0.717) is 31.5 Å². The Morgan fingerprint density at radius 2 is 2.13 bits per heavy atom. The van der Waals surface area contributed by atoms with Crippen molar-refractivity contribution in [1.82, 2.24) is 19.8 Å². The molecule has 2 aliphatic heterocycles. The predicted octanol–water partition coefficient (Wildman–Crippen LogP) is 1.05. The second kappa shape index (κ2) is 8.99. The molecule has 1 amide bonds. The van der Waals surface area contributed by atoms with Gasteiger partial charge in [0, 0.05) is 0 Å². The number of ether oxygens (including phenoxy) is 1. The number of carboxylic acid groups (broad SMARTS) is 1. The van der Waals surface area contributed by atoms with E-state index in [-0.39, 0.29) is 36.5 Å². The minimum Gasteiger partial charge on any atom is -0.535 e. The molecule has 0 radical (unpaired) electrons. The van der Waals surface area contributed by atoms with Crippen molar-refractivity contribution in [2.75, 3.05) is 27.2 Å². The van der Waals surface area contributed by atoms with Gasteiger partial charge in [-0.2, -0.15) is 0 Å². The number of carboxylic acids is 1. The molecule has 1 aromatic carbocycles. The number of likely N-dealkylation sites (tertiary alicyclic amines) is 1. The van der Waals surface area contributed by atoms with E-state index >= 15 is 0 Å². The van der Waals surface area contributed by atoms with Gasteiger partial charge >= 0.3 is 13.1 Å². The van der Waals surface area contributed by atoms with E-state index in [1.807, 2.05) is 14.1 Å². The number of aryl methyl sites for hydroxylation is 1. The average Bonchev–Trinajstić information content (AvgIpc) is 3.17. The van der Waals surface area contributed by atoms with Gasteiger partial charge in [0.25, 0.3) is 0 Å². The zero-order chi connectivity index (χ0) is 21.4. The van der Waals surface area contributed by atoms with Crippen LogP contribution in [0.25, 0.3) is 0 Å². The Labute approximate surface area is 180 Å². The number of H-pyrrole nitrogens is 1. The number of carbonyl (C=O) groups excluding carboxylic acids is 1. The molecule has 31 heavy (non-hydrogen) atoms. The molecule has 4 rings (SSSR count). The number of carbonyl (C=O) groups is 2. The maximum atomic E-state index is 12.9. The molecule has 1 saturated heterocycles. The van der Waals surface area contributed by atoms with Crippen LogP contribution in [-0.2, 0) is 11.2 Å². The Morgan fingerprint density at radius 3 is 2.74 bits per heavy atom. The molecule has 10 nitrogen and oxygen atoms in total. The van der Waals surface area contributed by atoms with Crippen LogP contribution in [0.4, 0.5) is 0 Å². The molecule has 0 bridgehead atoms. The molecule has 0 aliphatic carbocycles. The molecule has 3 heterocycles. The minimum atomic E-state index is -1.19. The van der Waals surface area contributed by atoms with Crippen molar-refractivity contribution in [2.24, 2.45) is 0 Å². The Kier molecular flexibility index (Phi) is 6.56. The summed E-state index contributed by atoms with van der Waals surface area (Å²) in [5.74, 6) is -0.947. The van der Waals surface area contributed by atoms with Gasteiger partial charge in [-0.3, -0.25) is 9.69 Å². The monoisotopic (exact) mass is 430 g/mol. The number of amides is 1. The molecular weight excluding hydrogens is 403 g/mol. The molecule has 1 aromatic heterocycles. The quantitative estimate of drug-likeness (QED) is 0.581. The largest absolute Gasteiger partial charge is 0.535 e. The van der Waals surface area contributed by atoms with Crippen molar-refractivity contribution in [1.29, 1.82) is 0 Å². The summed E-state index contributed by atoms with van der Waals surface area (Å²) < 4.78 is 11.3. The van der Waals surface area contributed by atoms with Gasteiger partial charge in [-0.25, -0.2) is 9.78 Å². The van der Waals surface area contributed by atoms with Gasteiger partial charge in [-0.1, -0.05) is 13.5 Å². The first kappa shape index (κ1) is 22.6. The number of aromatic nitrogens is 2. The highest BCUT2D eigenvalue weighted by molar-refractivity contribution is 6.44. The van der Waals surface area contributed by atoms with E-state index in [1.54, 1.807) is 28.1 Å². The van der Waals surface area contributed by atoms with Crippen LogP contribution in [0.1, 0.15) is 35.1 Å². The lowest BCUT2D eigenvalue weighted by atomic mass is 9.78. The standard InChI is InChI=1S/C19H23BN4O6.CH4/c1-23(2)16(13-7-21-10-22-13)18(25)24-8-12(9-24)29-14-4-3-11-5-6-20(28)30-17(11)15(14)19(26)27;/h3-4,7,10,12,16,28H,5-6,8-9H2,1-2H3,(H,21,22)(H,26,27);1H4. The van der Waals surface area contributed by atoms with Crippen LogP contribution in [0.15, 0.2) is 24.7 Å². The third-order valence-corrected chi connectivity index (χ3v) is 5.35. The number of fused-ring (bicyclic) bond motifs is 1. The van der Waals surface area contributed by atoms with E-state index in [2.05, 4.69) is 9.97 Å². The molecule has 1 atom stereocenters. The number of hydrogen-bond donors (Lipinski definition) is 3. The second-order valence-corrected chi connectivity index (χ2v) is 7.70. The molecule has 2 aliphatic rings. The maximum absolute atomic E-state index is 12.9. The first-order valence-electron chi connectivity index (χ1n) is 9.69. The third-order valence-electron chi connectivity index (χ3n) is 5.35. The summed E-state index contributed by atoms with van der Waals surface area (Å²) >= 11 is 0. The third kappa shape index (κ3) is 4.37. The number of hydrogen-bond acceptors (Lipinski definition) is 7. The highest BCUT2D eigenvalue weighted by Gasteiger charge is 2.39. The number of benzene rings is 1. The van der Waals surface area contributed by atoms with E-state index in [4.69, 9.17) is 9.39 Å². The van der Waals surface area contributed by atoms with Crippen LogP contribution in [-0.4, -0.2) is 82.2 Å². The fourth-order valence-electron chi connectivity index (χ4n) is 3.81. The first-order chi connectivity index (χ1) is 14.3. The van der Waals surface area contributed by atoms with Crippen molar-refractivity contribution in [2.45, 2.75) is 32.3 Å². The second-order valence-electron chi connectivity index (χ2n) is 7.70. The van der Waals surface area contributed by atoms with Gasteiger partial charge in [0.05, 0.1) is 31.3 Å². The number of likely N-dealkylation sites (N-methyl/N-ethyl adjacent to an activating group) is 1.